The predicted molar refractivity (Wildman–Crippen MR) is 86.1 cm³/mol. The average molecular weight is 298 g/mol. The number of aliphatic carboxylic acids is 1. The molecule has 21 heavy (non-hydrogen) atoms. The van der Waals surface area contributed by atoms with Crippen molar-refractivity contribution in [2.45, 2.75) is 59.8 Å². The minimum atomic E-state index is -0.900. The highest BCUT2D eigenvalue weighted by Crippen LogP contribution is 2.13. The smallest absolute Gasteiger partial charge is 0.333 e. The molecule has 122 valence electrons. The molecule has 0 fully saturated rings. The maximum absolute atomic E-state index is 11.1. The van der Waals surface area contributed by atoms with Gasteiger partial charge >= 0.3 is 11.9 Å². The summed E-state index contributed by atoms with van der Waals surface area (Å²) in [5, 5.41) is 8.08. The molecule has 1 atom stereocenters. The van der Waals surface area contributed by atoms with Gasteiger partial charge in [0.15, 0.2) is 0 Å². The zero-order chi connectivity index (χ0) is 16.8. The van der Waals surface area contributed by atoms with Crippen molar-refractivity contribution < 1.29 is 19.4 Å². The Labute approximate surface area is 128 Å². The van der Waals surface area contributed by atoms with Crippen LogP contribution in [0.1, 0.15) is 59.8 Å². The van der Waals surface area contributed by atoms with Gasteiger partial charge in [0, 0.05) is 11.1 Å². The standard InChI is InChI=1S/C12H22O2.C5H8O2/c1-5-7-8-11(6-2)9-14-12(13)10(3)4;1-3-4(2)5(6)7/h11H,3,5-9H2,1-2,4H3;2-3H2,1H3,(H,6,7). The Morgan fingerprint density at radius 1 is 1.19 bits per heavy atom. The van der Waals surface area contributed by atoms with Gasteiger partial charge in [0.25, 0.3) is 0 Å². The van der Waals surface area contributed by atoms with Gasteiger partial charge in [0.1, 0.15) is 0 Å². The van der Waals surface area contributed by atoms with Gasteiger partial charge in [-0.05, 0) is 25.7 Å². The summed E-state index contributed by atoms with van der Waals surface area (Å²) in [5.41, 5.74) is 0.746. The second kappa shape index (κ2) is 13.4. The zero-order valence-corrected chi connectivity index (χ0v) is 13.9. The van der Waals surface area contributed by atoms with E-state index in [1.807, 2.05) is 0 Å². The van der Waals surface area contributed by atoms with E-state index in [0.29, 0.717) is 24.5 Å². The summed E-state index contributed by atoms with van der Waals surface area (Å²) in [6, 6.07) is 0. The van der Waals surface area contributed by atoms with Crippen LogP contribution < -0.4 is 0 Å². The first-order valence-corrected chi connectivity index (χ1v) is 7.53. The maximum Gasteiger partial charge on any atom is 0.333 e. The molecule has 0 spiro atoms. The largest absolute Gasteiger partial charge is 0.478 e. The molecule has 4 heteroatoms. The van der Waals surface area contributed by atoms with Crippen molar-refractivity contribution in [3.8, 4) is 0 Å². The Hall–Kier alpha value is -1.58. The van der Waals surface area contributed by atoms with E-state index in [2.05, 4.69) is 27.0 Å². The second-order valence-electron chi connectivity index (χ2n) is 5.06. The van der Waals surface area contributed by atoms with Gasteiger partial charge in [-0.1, -0.05) is 53.2 Å². The van der Waals surface area contributed by atoms with Crippen LogP contribution >= 0.6 is 0 Å². The molecule has 0 bridgehead atoms. The van der Waals surface area contributed by atoms with Gasteiger partial charge in [0.2, 0.25) is 0 Å². The van der Waals surface area contributed by atoms with Gasteiger partial charge in [-0.25, -0.2) is 9.59 Å². The van der Waals surface area contributed by atoms with E-state index in [1.165, 1.54) is 12.8 Å². The van der Waals surface area contributed by atoms with Crippen molar-refractivity contribution in [1.29, 1.82) is 0 Å². The van der Waals surface area contributed by atoms with Crippen molar-refractivity contribution in [2.24, 2.45) is 5.92 Å². The Morgan fingerprint density at radius 3 is 2.05 bits per heavy atom. The summed E-state index contributed by atoms with van der Waals surface area (Å²) < 4.78 is 5.12. The van der Waals surface area contributed by atoms with Gasteiger partial charge in [-0.15, -0.1) is 0 Å². The molecule has 0 saturated carbocycles. The molecular formula is C17H30O4. The fourth-order valence-electron chi connectivity index (χ4n) is 1.37. The van der Waals surface area contributed by atoms with Crippen molar-refractivity contribution in [2.75, 3.05) is 6.61 Å². The molecular weight excluding hydrogens is 268 g/mol. The third-order valence-corrected chi connectivity index (χ3v) is 3.07. The fourth-order valence-corrected chi connectivity index (χ4v) is 1.37. The van der Waals surface area contributed by atoms with Crippen LogP contribution in [0.2, 0.25) is 0 Å². The summed E-state index contributed by atoms with van der Waals surface area (Å²) in [7, 11) is 0. The lowest BCUT2D eigenvalue weighted by atomic mass is 10.0. The van der Waals surface area contributed by atoms with Crippen LogP contribution in [0.25, 0.3) is 0 Å². The molecule has 0 amide bonds. The van der Waals surface area contributed by atoms with Crippen molar-refractivity contribution in [1.82, 2.24) is 0 Å². The SMILES string of the molecule is C=C(C)C(=O)OCC(CC)CCCC.C=C(CC)C(=O)O. The third-order valence-electron chi connectivity index (χ3n) is 3.07. The molecule has 0 aliphatic carbocycles. The first-order valence-electron chi connectivity index (χ1n) is 7.53. The van der Waals surface area contributed by atoms with Crippen molar-refractivity contribution in [3.05, 3.63) is 24.3 Å². The van der Waals surface area contributed by atoms with E-state index in [1.54, 1.807) is 13.8 Å². The van der Waals surface area contributed by atoms with Gasteiger partial charge < -0.3 is 9.84 Å². The van der Waals surface area contributed by atoms with E-state index in [-0.39, 0.29) is 11.5 Å². The van der Waals surface area contributed by atoms with E-state index in [9.17, 15) is 9.59 Å². The van der Waals surface area contributed by atoms with Crippen molar-refractivity contribution >= 4 is 11.9 Å². The molecule has 0 aromatic rings. The predicted octanol–water partition coefficient (Wildman–Crippen LogP) is 4.36. The lowest BCUT2D eigenvalue weighted by Gasteiger charge is -2.14. The van der Waals surface area contributed by atoms with E-state index >= 15 is 0 Å². The number of rotatable bonds is 9. The minimum Gasteiger partial charge on any atom is -0.478 e. The molecule has 0 aliphatic rings. The van der Waals surface area contributed by atoms with Crippen LogP contribution in [0.4, 0.5) is 0 Å². The number of carboxylic acids is 1. The van der Waals surface area contributed by atoms with E-state index in [4.69, 9.17) is 9.84 Å². The third kappa shape index (κ3) is 13.2. The number of hydrogen-bond acceptors (Lipinski definition) is 3. The molecule has 0 saturated heterocycles. The summed E-state index contributed by atoms with van der Waals surface area (Å²) in [4.78, 5) is 20.9. The average Bonchev–Trinajstić information content (AvgIpc) is 2.46. The summed E-state index contributed by atoms with van der Waals surface area (Å²) in [6.07, 6.45) is 5.16. The summed E-state index contributed by atoms with van der Waals surface area (Å²) >= 11 is 0. The molecule has 0 aliphatic heterocycles. The fraction of sp³-hybridized carbons (Fsp3) is 0.647. The van der Waals surface area contributed by atoms with Crippen LogP contribution in [-0.4, -0.2) is 23.7 Å². The molecule has 4 nitrogen and oxygen atoms in total. The first-order chi connectivity index (χ1) is 9.79. The molecule has 0 aromatic carbocycles. The highest BCUT2D eigenvalue weighted by atomic mass is 16.5. The molecule has 0 heterocycles. The molecule has 0 aromatic heterocycles. The lowest BCUT2D eigenvalue weighted by Crippen LogP contribution is -2.14. The van der Waals surface area contributed by atoms with Crippen LogP contribution in [0.3, 0.4) is 0 Å². The highest BCUT2D eigenvalue weighted by Gasteiger charge is 2.09. The number of carbonyl (C=O) groups excluding carboxylic acids is 1. The number of carboxylic acid groups (broad SMARTS) is 1. The van der Waals surface area contributed by atoms with Gasteiger partial charge in [-0.3, -0.25) is 0 Å². The molecule has 0 rings (SSSR count). The number of hydrogen-bond donors (Lipinski definition) is 1. The monoisotopic (exact) mass is 298 g/mol. The van der Waals surface area contributed by atoms with E-state index < -0.39 is 5.97 Å². The van der Waals surface area contributed by atoms with Crippen molar-refractivity contribution in [3.63, 3.8) is 0 Å². The Bertz CT molecular complexity index is 345. The highest BCUT2D eigenvalue weighted by molar-refractivity contribution is 5.86. The van der Waals surface area contributed by atoms with Crippen LogP contribution in [0, 0.1) is 5.92 Å². The normalized spacial score (nSPS) is 10.9. The lowest BCUT2D eigenvalue weighted by molar-refractivity contribution is -0.140. The van der Waals surface area contributed by atoms with Gasteiger partial charge in [0.05, 0.1) is 6.61 Å². The van der Waals surface area contributed by atoms with E-state index in [0.717, 1.165) is 12.8 Å². The molecule has 1 N–H and O–H groups in total. The topological polar surface area (TPSA) is 63.6 Å². The quantitative estimate of drug-likeness (QED) is 0.507. The second-order valence-corrected chi connectivity index (χ2v) is 5.06. The maximum atomic E-state index is 11.1. The number of carbonyl (C=O) groups is 2. The van der Waals surface area contributed by atoms with Crippen LogP contribution in [-0.2, 0) is 14.3 Å². The first kappa shape index (κ1) is 21.7. The summed E-state index contributed by atoms with van der Waals surface area (Å²) in [5.74, 6) is -0.652. The Balaban J connectivity index is 0. The zero-order valence-electron chi connectivity index (χ0n) is 13.9. The Kier molecular flexibility index (Phi) is 13.9. The number of unbranched alkanes of at least 4 members (excludes halogenated alkanes) is 1. The molecule has 1 unspecified atom stereocenters. The van der Waals surface area contributed by atoms with Gasteiger partial charge in [-0.2, -0.15) is 0 Å². The van der Waals surface area contributed by atoms with Crippen LogP contribution in [0.15, 0.2) is 24.3 Å². The number of esters is 1. The Morgan fingerprint density at radius 2 is 1.76 bits per heavy atom. The minimum absolute atomic E-state index is 0.264. The van der Waals surface area contributed by atoms with Crippen LogP contribution in [0.5, 0.6) is 0 Å². The summed E-state index contributed by atoms with van der Waals surface area (Å²) in [6.45, 7) is 15.1. The number of ether oxygens (including phenoxy) is 1. The molecule has 0 radical (unpaired) electrons.